The summed E-state index contributed by atoms with van der Waals surface area (Å²) < 4.78 is 79.4. The molecule has 658 valence electrons. The molecule has 116 heavy (non-hydrogen) atoms. The molecule has 2 amide bonds. The molecule has 1 aliphatic rings. The van der Waals surface area contributed by atoms with Crippen molar-refractivity contribution in [2.45, 2.75) is 431 Å². The minimum atomic E-state index is -5.07. The van der Waals surface area contributed by atoms with Gasteiger partial charge in [0.2, 0.25) is 11.8 Å². The number of hydrogen-bond acceptors (Lipinski definition) is 19. The number of carbonyl (C=O) groups is 7. The summed E-state index contributed by atoms with van der Waals surface area (Å²) in [6.45, 7) is 11.1. The summed E-state index contributed by atoms with van der Waals surface area (Å²) in [6, 6.07) is 21.8. The van der Waals surface area contributed by atoms with Crippen molar-refractivity contribution in [1.82, 2.24) is 10.6 Å². The van der Waals surface area contributed by atoms with E-state index in [4.69, 9.17) is 46.7 Å². The second-order valence-corrected chi connectivity index (χ2v) is 33.4. The molecule has 0 bridgehead atoms. The molecule has 0 aromatic heterocycles. The Hall–Kier alpha value is -6.38. The van der Waals surface area contributed by atoms with Gasteiger partial charge in [-0.3, -0.25) is 33.3 Å². The number of phosphoric acid groups is 1. The number of carbonyl (C=O) groups excluding carboxylic acids is 7. The number of ether oxygens (including phenoxy) is 7. The number of benzene rings is 3. The normalized spacial score (nSPS) is 16.5. The van der Waals surface area contributed by atoms with Crippen LogP contribution in [0.25, 0.3) is 0 Å². The Morgan fingerprint density at radius 1 is 0.414 bits per heavy atom. The maximum Gasteiger partial charge on any atom is 0.588 e. The van der Waals surface area contributed by atoms with Crippen LogP contribution in [0.4, 0.5) is 0 Å². The Labute approximate surface area is 698 Å². The number of hydrogen-bond donors (Lipinski definition) is 3. The fourth-order valence-corrected chi connectivity index (χ4v) is 16.0. The third-order valence-electron chi connectivity index (χ3n) is 21.3. The van der Waals surface area contributed by atoms with Gasteiger partial charge in [-0.1, -0.05) is 339 Å². The van der Waals surface area contributed by atoms with Crippen molar-refractivity contribution in [1.29, 1.82) is 0 Å². The number of para-hydroxylation sites is 2. The van der Waals surface area contributed by atoms with Crippen LogP contribution in [0.15, 0.2) is 91.0 Å². The van der Waals surface area contributed by atoms with Gasteiger partial charge in [-0.05, 0) is 87.6 Å². The monoisotopic (exact) mass is 1650 g/mol. The standard InChI is InChI=1S/C94H153N2O19P/c1-7-13-19-25-28-31-34-40-48-64-79(108-86(100)67-55-37-22-16-10-4)70-84(98)95-82(93(104)106-74-76-58-46-43-47-59-76)75-107-94-90(96-85(99)71-80(109-87(101)68-56-38-23-17-11-5)65-49-41-35-32-29-26-20-14-8-2)92(91(83(73-97)111-94)115-116(105,113-77-60-51-44-52-61-77)114-78-62-53-45-54-63-78)112-89(103)72-81(110-88(102)69-57-39-24-18-12-6)66-50-42-36-33-30-27-21-15-9-3/h43-47,51-54,58-63,79-83,90-92,94,97H,7-42,48-50,55-57,64-75H2,1-6H3,(H,95,98)(H,96,99)/t79-,80-,81-,82+,83-,90-,91-,92-,94-/m1/s1. The fraction of sp³-hybridized carbons (Fsp3) is 0.734. The first-order valence-corrected chi connectivity index (χ1v) is 47.2. The SMILES string of the molecule is CCCCCCCCCCC[C@H](CC(=O)N[C@H]1[C@H](OC[C@H](NC(=O)C[C@@H](CCCCCCCCCCC)OC(=O)CCCCCCC)C(=O)OCc2ccccc2)O[C@H](CO)[C@@H](OP(=O)(Oc2ccccc2)Oc2ccccc2)[C@@H]1OC(=O)C[C@@H](CCCCCCCCCCC)OC(=O)CCCCCCC)OC(=O)CCCCCCC. The highest BCUT2D eigenvalue weighted by molar-refractivity contribution is 7.49. The lowest BCUT2D eigenvalue weighted by molar-refractivity contribution is -0.272. The predicted molar refractivity (Wildman–Crippen MR) is 457 cm³/mol. The molecule has 0 spiro atoms. The van der Waals surface area contributed by atoms with E-state index in [1.54, 1.807) is 60.7 Å². The lowest BCUT2D eigenvalue weighted by atomic mass is 9.95. The zero-order valence-corrected chi connectivity index (χ0v) is 73.2. The van der Waals surface area contributed by atoms with Crippen LogP contribution in [0.5, 0.6) is 11.5 Å². The molecule has 1 heterocycles. The molecule has 1 aliphatic heterocycles. The van der Waals surface area contributed by atoms with Crippen LogP contribution >= 0.6 is 7.82 Å². The molecule has 0 saturated carbocycles. The van der Waals surface area contributed by atoms with Gasteiger partial charge < -0.3 is 57.9 Å². The van der Waals surface area contributed by atoms with E-state index in [9.17, 15) is 29.1 Å². The molecular weight excluding hydrogens is 1490 g/mol. The fourth-order valence-electron chi connectivity index (χ4n) is 14.5. The van der Waals surface area contributed by atoms with Crippen LogP contribution in [0.1, 0.15) is 375 Å². The molecule has 21 nitrogen and oxygen atoms in total. The number of aliphatic hydroxyl groups excluding tert-OH is 1. The molecule has 1 saturated heterocycles. The van der Waals surface area contributed by atoms with Crippen LogP contribution < -0.4 is 19.7 Å². The van der Waals surface area contributed by atoms with Gasteiger partial charge in [0.25, 0.3) is 0 Å². The molecule has 3 aromatic rings. The van der Waals surface area contributed by atoms with E-state index >= 15 is 14.2 Å². The van der Waals surface area contributed by atoms with E-state index in [1.165, 1.54) is 75.6 Å². The van der Waals surface area contributed by atoms with Gasteiger partial charge in [0.1, 0.15) is 54.7 Å². The number of nitrogens with one attached hydrogen (secondary N) is 2. The van der Waals surface area contributed by atoms with Gasteiger partial charge in [-0.15, -0.1) is 0 Å². The summed E-state index contributed by atoms with van der Waals surface area (Å²) in [6.07, 6.45) is 31.7. The zero-order chi connectivity index (χ0) is 83.7. The van der Waals surface area contributed by atoms with E-state index in [0.717, 1.165) is 180 Å². The molecule has 4 rings (SSSR count). The lowest BCUT2D eigenvalue weighted by Crippen LogP contribution is -2.67. The summed E-state index contributed by atoms with van der Waals surface area (Å²) in [5.41, 5.74) is 0.639. The number of phosphoric ester groups is 1. The molecule has 3 N–H and O–H groups in total. The van der Waals surface area contributed by atoms with Crippen molar-refractivity contribution in [2.75, 3.05) is 13.2 Å². The highest BCUT2D eigenvalue weighted by Gasteiger charge is 2.54. The van der Waals surface area contributed by atoms with Crippen molar-refractivity contribution < 1.29 is 90.0 Å². The van der Waals surface area contributed by atoms with Gasteiger partial charge >= 0.3 is 37.7 Å². The number of aliphatic hydroxyl groups is 1. The summed E-state index contributed by atoms with van der Waals surface area (Å²) in [5.74, 6) is -4.53. The molecule has 1 fully saturated rings. The largest absolute Gasteiger partial charge is 0.588 e. The van der Waals surface area contributed by atoms with Crippen LogP contribution in [0.3, 0.4) is 0 Å². The Balaban J connectivity index is 1.91. The van der Waals surface area contributed by atoms with Crippen LogP contribution in [-0.4, -0.2) is 115 Å². The van der Waals surface area contributed by atoms with Gasteiger partial charge in [0.15, 0.2) is 18.4 Å². The summed E-state index contributed by atoms with van der Waals surface area (Å²) in [4.78, 5) is 102. The van der Waals surface area contributed by atoms with E-state index < -0.39 is 131 Å². The van der Waals surface area contributed by atoms with Gasteiger partial charge in [-0.2, -0.15) is 0 Å². The number of unbranched alkanes of at least 4 members (excludes halogenated alkanes) is 36. The molecule has 0 radical (unpaired) electrons. The van der Waals surface area contributed by atoms with Gasteiger partial charge in [-0.25, -0.2) is 9.36 Å². The predicted octanol–water partition coefficient (Wildman–Crippen LogP) is 22.7. The van der Waals surface area contributed by atoms with Crippen LogP contribution in [0.2, 0.25) is 0 Å². The average molecular weight is 1650 g/mol. The molecule has 3 aromatic carbocycles. The van der Waals surface area contributed by atoms with E-state index in [1.807, 2.05) is 6.07 Å². The van der Waals surface area contributed by atoms with Crippen molar-refractivity contribution in [3.63, 3.8) is 0 Å². The molecule has 0 aliphatic carbocycles. The van der Waals surface area contributed by atoms with Crippen molar-refractivity contribution in [2.24, 2.45) is 0 Å². The van der Waals surface area contributed by atoms with Crippen LogP contribution in [0, 0.1) is 0 Å². The molecule has 9 atom stereocenters. The zero-order valence-electron chi connectivity index (χ0n) is 72.3. The van der Waals surface area contributed by atoms with Crippen molar-refractivity contribution >= 4 is 49.5 Å². The molecular formula is C94H153N2O19P. The summed E-state index contributed by atoms with van der Waals surface area (Å²) in [5, 5.41) is 17.6. The lowest BCUT2D eigenvalue weighted by Gasteiger charge is -2.45. The maximum atomic E-state index is 15.9. The Morgan fingerprint density at radius 2 is 0.759 bits per heavy atom. The average Bonchev–Trinajstić information content (AvgIpc) is 0.772. The van der Waals surface area contributed by atoms with Crippen molar-refractivity contribution in [3.05, 3.63) is 96.6 Å². The summed E-state index contributed by atoms with van der Waals surface area (Å²) >= 11 is 0. The van der Waals surface area contributed by atoms with Crippen molar-refractivity contribution in [3.8, 4) is 11.5 Å². The third kappa shape index (κ3) is 48.6. The Bertz CT molecular complexity index is 3010. The number of rotatable bonds is 73. The van der Waals surface area contributed by atoms with Gasteiger partial charge in [0.05, 0.1) is 32.5 Å². The first kappa shape index (κ1) is 102. The molecule has 0 unspecified atom stereocenters. The van der Waals surface area contributed by atoms with E-state index in [2.05, 4.69) is 52.2 Å². The number of esters is 5. The van der Waals surface area contributed by atoms with E-state index in [-0.39, 0.29) is 43.8 Å². The second-order valence-electron chi connectivity index (χ2n) is 31.9. The Morgan fingerprint density at radius 3 is 1.14 bits per heavy atom. The number of amides is 2. The van der Waals surface area contributed by atoms with Gasteiger partial charge in [0, 0.05) is 19.3 Å². The second kappa shape index (κ2) is 66.4. The summed E-state index contributed by atoms with van der Waals surface area (Å²) in [7, 11) is -5.07. The smallest absolute Gasteiger partial charge is 0.462 e. The highest BCUT2D eigenvalue weighted by atomic mass is 31.2. The first-order valence-electron chi connectivity index (χ1n) is 45.8. The van der Waals surface area contributed by atoms with E-state index in [0.29, 0.717) is 63.4 Å². The minimum absolute atomic E-state index is 0.0432. The maximum absolute atomic E-state index is 15.9. The quantitative estimate of drug-likeness (QED) is 0.0205. The topological polar surface area (TPSA) is 273 Å². The minimum Gasteiger partial charge on any atom is -0.462 e. The Kier molecular flexibility index (Phi) is 58.4. The van der Waals surface area contributed by atoms with Crippen LogP contribution in [-0.2, 0) is 82.4 Å². The first-order chi connectivity index (χ1) is 56.5. The third-order valence-corrected chi connectivity index (χ3v) is 22.7. The highest BCUT2D eigenvalue weighted by Crippen LogP contribution is 2.52. The molecule has 22 heteroatoms.